The maximum Gasteiger partial charge on any atom is 0.322 e. The number of furan rings is 1. The summed E-state index contributed by atoms with van der Waals surface area (Å²) in [7, 11) is 1.57. The Morgan fingerprint density at radius 1 is 1.36 bits per heavy atom. The molecule has 3 rings (SSSR count). The van der Waals surface area contributed by atoms with Crippen molar-refractivity contribution in [1.29, 1.82) is 0 Å². The number of hydrogen-bond acceptors (Lipinski definition) is 4. The third kappa shape index (κ3) is 4.01. The van der Waals surface area contributed by atoms with Crippen molar-refractivity contribution < 1.29 is 14.0 Å². The van der Waals surface area contributed by atoms with E-state index >= 15 is 0 Å². The summed E-state index contributed by atoms with van der Waals surface area (Å²) in [6.07, 6.45) is 6.11. The maximum absolute atomic E-state index is 12.7. The van der Waals surface area contributed by atoms with Crippen LogP contribution in [0.5, 0.6) is 0 Å². The standard InChI is InChI=1S/C17H23N5O3/c1-12-6-7-15(25-12)14-5-3-4-8-22(14)17(24)20-13-9-19-21(10-13)11-16(23)18-2/h6-7,9-10,14H,3-5,8,11H2,1-2H3,(H,18,23)(H,20,24). The van der Waals surface area contributed by atoms with Gasteiger partial charge in [0.2, 0.25) is 5.91 Å². The second-order valence-electron chi connectivity index (χ2n) is 6.18. The molecular formula is C17H23N5O3. The van der Waals surface area contributed by atoms with Gasteiger partial charge < -0.3 is 20.0 Å². The Kier molecular flexibility index (Phi) is 5.06. The summed E-state index contributed by atoms with van der Waals surface area (Å²) in [5.41, 5.74) is 0.564. The lowest BCUT2D eigenvalue weighted by molar-refractivity contribution is -0.121. The zero-order valence-electron chi connectivity index (χ0n) is 14.5. The smallest absolute Gasteiger partial charge is 0.322 e. The fourth-order valence-corrected chi connectivity index (χ4v) is 3.04. The molecule has 8 heteroatoms. The number of urea groups is 1. The van der Waals surface area contributed by atoms with Crippen molar-refractivity contribution in [1.82, 2.24) is 20.0 Å². The summed E-state index contributed by atoms with van der Waals surface area (Å²) in [5.74, 6) is 1.52. The molecule has 0 aliphatic carbocycles. The SMILES string of the molecule is CNC(=O)Cn1cc(NC(=O)N2CCCCC2c2ccc(C)o2)cn1. The highest BCUT2D eigenvalue weighted by Crippen LogP contribution is 2.32. The number of anilines is 1. The van der Waals surface area contributed by atoms with E-state index in [9.17, 15) is 9.59 Å². The van der Waals surface area contributed by atoms with E-state index in [0.29, 0.717) is 12.2 Å². The molecule has 2 N–H and O–H groups in total. The number of nitrogens with zero attached hydrogens (tertiary/aromatic N) is 3. The number of nitrogens with one attached hydrogen (secondary N) is 2. The van der Waals surface area contributed by atoms with Gasteiger partial charge in [-0.3, -0.25) is 9.48 Å². The Morgan fingerprint density at radius 2 is 2.20 bits per heavy atom. The lowest BCUT2D eigenvalue weighted by atomic mass is 10.0. The number of carbonyl (C=O) groups is 2. The van der Waals surface area contributed by atoms with E-state index in [4.69, 9.17) is 4.42 Å². The lowest BCUT2D eigenvalue weighted by Gasteiger charge is -2.34. The number of hydrogen-bond donors (Lipinski definition) is 2. The second-order valence-corrected chi connectivity index (χ2v) is 6.18. The van der Waals surface area contributed by atoms with Crippen LogP contribution in [-0.2, 0) is 11.3 Å². The van der Waals surface area contributed by atoms with E-state index in [1.54, 1.807) is 18.1 Å². The molecule has 2 aromatic rings. The average Bonchev–Trinajstić information content (AvgIpc) is 3.23. The van der Waals surface area contributed by atoms with Gasteiger partial charge in [0.05, 0.1) is 17.9 Å². The summed E-state index contributed by atoms with van der Waals surface area (Å²) >= 11 is 0. The van der Waals surface area contributed by atoms with Gasteiger partial charge in [-0.25, -0.2) is 4.79 Å². The minimum atomic E-state index is -0.182. The van der Waals surface area contributed by atoms with Crippen LogP contribution in [0.4, 0.5) is 10.5 Å². The molecule has 25 heavy (non-hydrogen) atoms. The molecule has 1 unspecified atom stereocenters. The molecule has 1 aliphatic rings. The quantitative estimate of drug-likeness (QED) is 0.889. The lowest BCUT2D eigenvalue weighted by Crippen LogP contribution is -2.41. The number of amides is 3. The molecule has 134 valence electrons. The van der Waals surface area contributed by atoms with Crippen LogP contribution in [0, 0.1) is 6.92 Å². The van der Waals surface area contributed by atoms with Crippen LogP contribution >= 0.6 is 0 Å². The first-order chi connectivity index (χ1) is 12.1. The highest BCUT2D eigenvalue weighted by molar-refractivity contribution is 5.89. The normalized spacial score (nSPS) is 17.4. The van der Waals surface area contributed by atoms with Crippen LogP contribution in [0.25, 0.3) is 0 Å². The van der Waals surface area contributed by atoms with Crippen LogP contribution in [0.1, 0.15) is 36.8 Å². The number of aromatic nitrogens is 2. The molecule has 0 bridgehead atoms. The molecule has 1 atom stereocenters. The Hall–Kier alpha value is -2.77. The van der Waals surface area contributed by atoms with Crippen molar-refractivity contribution in [2.24, 2.45) is 0 Å². The first-order valence-electron chi connectivity index (χ1n) is 8.44. The molecule has 1 fully saturated rings. The molecular weight excluding hydrogens is 322 g/mol. The zero-order valence-corrected chi connectivity index (χ0v) is 14.5. The molecule has 3 amide bonds. The molecule has 0 saturated carbocycles. The van der Waals surface area contributed by atoms with E-state index in [1.807, 2.05) is 19.1 Å². The van der Waals surface area contributed by atoms with Gasteiger partial charge >= 0.3 is 6.03 Å². The van der Waals surface area contributed by atoms with Crippen LogP contribution < -0.4 is 10.6 Å². The van der Waals surface area contributed by atoms with Crippen LogP contribution in [0.2, 0.25) is 0 Å². The van der Waals surface area contributed by atoms with E-state index in [1.165, 1.54) is 10.9 Å². The fraction of sp³-hybridized carbons (Fsp3) is 0.471. The summed E-state index contributed by atoms with van der Waals surface area (Å²) < 4.78 is 7.22. The van der Waals surface area contributed by atoms with Crippen LogP contribution in [-0.4, -0.2) is 40.2 Å². The van der Waals surface area contributed by atoms with Gasteiger partial charge in [-0.1, -0.05) is 0 Å². The Labute approximate surface area is 146 Å². The number of aryl methyl sites for hydroxylation is 1. The number of carbonyl (C=O) groups excluding carboxylic acids is 2. The Balaban J connectivity index is 1.67. The van der Waals surface area contributed by atoms with Gasteiger partial charge in [0.25, 0.3) is 0 Å². The van der Waals surface area contributed by atoms with Crippen molar-refractivity contribution in [3.05, 3.63) is 36.0 Å². The summed E-state index contributed by atoms with van der Waals surface area (Å²) in [4.78, 5) is 25.9. The third-order valence-electron chi connectivity index (χ3n) is 4.32. The summed E-state index contributed by atoms with van der Waals surface area (Å²) in [5, 5.41) is 9.48. The average molecular weight is 345 g/mol. The Morgan fingerprint density at radius 3 is 2.92 bits per heavy atom. The second kappa shape index (κ2) is 7.42. The topological polar surface area (TPSA) is 92.4 Å². The molecule has 2 aromatic heterocycles. The number of piperidine rings is 1. The highest BCUT2D eigenvalue weighted by Gasteiger charge is 2.30. The van der Waals surface area contributed by atoms with Crippen molar-refractivity contribution in [3.8, 4) is 0 Å². The molecule has 0 spiro atoms. The number of likely N-dealkylation sites (N-methyl/N-ethyl adjacent to an activating group) is 1. The van der Waals surface area contributed by atoms with Crippen molar-refractivity contribution in [2.75, 3.05) is 18.9 Å². The molecule has 0 aromatic carbocycles. The predicted octanol–water partition coefficient (Wildman–Crippen LogP) is 2.29. The third-order valence-corrected chi connectivity index (χ3v) is 4.32. The van der Waals surface area contributed by atoms with E-state index in [-0.39, 0.29) is 24.5 Å². The largest absolute Gasteiger partial charge is 0.464 e. The van der Waals surface area contributed by atoms with Crippen molar-refractivity contribution >= 4 is 17.6 Å². The molecule has 1 saturated heterocycles. The molecule has 1 aliphatic heterocycles. The van der Waals surface area contributed by atoms with E-state index in [2.05, 4.69) is 15.7 Å². The molecule has 0 radical (unpaired) electrons. The predicted molar refractivity (Wildman–Crippen MR) is 92.1 cm³/mol. The fourth-order valence-electron chi connectivity index (χ4n) is 3.04. The van der Waals surface area contributed by atoms with Gasteiger partial charge in [0.1, 0.15) is 18.1 Å². The minimum absolute atomic E-state index is 0.0524. The van der Waals surface area contributed by atoms with E-state index in [0.717, 1.165) is 30.8 Å². The zero-order chi connectivity index (χ0) is 17.8. The van der Waals surface area contributed by atoms with Crippen LogP contribution in [0.15, 0.2) is 28.9 Å². The first kappa shape index (κ1) is 17.1. The highest BCUT2D eigenvalue weighted by atomic mass is 16.3. The van der Waals surface area contributed by atoms with Crippen molar-refractivity contribution in [2.45, 2.75) is 38.8 Å². The number of likely N-dealkylation sites (tertiary alicyclic amines) is 1. The number of rotatable bonds is 4. The van der Waals surface area contributed by atoms with Gasteiger partial charge in [-0.05, 0) is 38.3 Å². The molecule has 3 heterocycles. The maximum atomic E-state index is 12.7. The van der Waals surface area contributed by atoms with Gasteiger partial charge in [0, 0.05) is 19.8 Å². The first-order valence-corrected chi connectivity index (χ1v) is 8.44. The summed E-state index contributed by atoms with van der Waals surface area (Å²) in [6, 6.07) is 3.62. The minimum Gasteiger partial charge on any atom is -0.464 e. The van der Waals surface area contributed by atoms with Gasteiger partial charge in [-0.2, -0.15) is 5.10 Å². The van der Waals surface area contributed by atoms with Crippen molar-refractivity contribution in [3.63, 3.8) is 0 Å². The van der Waals surface area contributed by atoms with Gasteiger partial charge in [-0.15, -0.1) is 0 Å². The molecule has 8 nitrogen and oxygen atoms in total. The van der Waals surface area contributed by atoms with Crippen LogP contribution in [0.3, 0.4) is 0 Å². The van der Waals surface area contributed by atoms with Gasteiger partial charge in [0.15, 0.2) is 0 Å². The monoisotopic (exact) mass is 345 g/mol. The summed E-state index contributed by atoms with van der Waals surface area (Å²) in [6.45, 7) is 2.70. The Bertz CT molecular complexity index is 751. The van der Waals surface area contributed by atoms with E-state index < -0.39 is 0 Å².